The van der Waals surface area contributed by atoms with Crippen LogP contribution in [0.25, 0.3) is 0 Å². The zero-order chi connectivity index (χ0) is 14.1. The molecule has 0 saturated carbocycles. The topological polar surface area (TPSA) is 67.2 Å². The van der Waals surface area contributed by atoms with Crippen molar-refractivity contribution in [2.75, 3.05) is 5.32 Å². The van der Waals surface area contributed by atoms with Gasteiger partial charge in [0.25, 0.3) is 0 Å². The molecule has 0 radical (unpaired) electrons. The maximum Gasteiger partial charge on any atom is 0.228 e. The Kier molecular flexibility index (Phi) is 3.18. The summed E-state index contributed by atoms with van der Waals surface area (Å²) in [5.74, 6) is 1.18. The van der Waals surface area contributed by atoms with Crippen molar-refractivity contribution in [3.05, 3.63) is 42.0 Å². The highest BCUT2D eigenvalue weighted by molar-refractivity contribution is 5.92. The first-order valence-corrected chi connectivity index (χ1v) is 6.74. The van der Waals surface area contributed by atoms with Crippen molar-refractivity contribution >= 4 is 11.6 Å². The van der Waals surface area contributed by atoms with E-state index in [1.165, 1.54) is 0 Å². The SMILES string of the molecule is Cc1cc(NC(=O)C2CCn3ccnc3C2)ccc1O. The summed E-state index contributed by atoms with van der Waals surface area (Å²) < 4.78 is 2.09. The number of hydrogen-bond donors (Lipinski definition) is 2. The predicted molar refractivity (Wildman–Crippen MR) is 75.5 cm³/mol. The van der Waals surface area contributed by atoms with Crippen LogP contribution in [0.15, 0.2) is 30.6 Å². The third kappa shape index (κ3) is 2.39. The first kappa shape index (κ1) is 12.7. The van der Waals surface area contributed by atoms with E-state index >= 15 is 0 Å². The molecule has 1 aliphatic heterocycles. The van der Waals surface area contributed by atoms with Crippen LogP contribution in [0.2, 0.25) is 0 Å². The van der Waals surface area contributed by atoms with Gasteiger partial charge in [-0.1, -0.05) is 0 Å². The highest BCUT2D eigenvalue weighted by Gasteiger charge is 2.25. The normalized spacial score (nSPS) is 17.6. The molecule has 1 unspecified atom stereocenters. The number of hydrogen-bond acceptors (Lipinski definition) is 3. The maximum absolute atomic E-state index is 12.3. The van der Waals surface area contributed by atoms with Gasteiger partial charge in [-0.25, -0.2) is 4.98 Å². The first-order valence-electron chi connectivity index (χ1n) is 6.74. The Morgan fingerprint density at radius 3 is 3.15 bits per heavy atom. The average Bonchev–Trinajstić information content (AvgIpc) is 2.90. The lowest BCUT2D eigenvalue weighted by Gasteiger charge is -2.22. The summed E-state index contributed by atoms with van der Waals surface area (Å²) in [6.45, 7) is 2.64. The Morgan fingerprint density at radius 2 is 2.35 bits per heavy atom. The number of benzene rings is 1. The average molecular weight is 271 g/mol. The maximum atomic E-state index is 12.3. The second-order valence-electron chi connectivity index (χ2n) is 5.22. The number of imidazole rings is 1. The van der Waals surface area contributed by atoms with Crippen LogP contribution in [0.3, 0.4) is 0 Å². The number of phenolic OH excluding ortho intramolecular Hbond substituents is 1. The van der Waals surface area contributed by atoms with Crippen LogP contribution >= 0.6 is 0 Å². The Bertz CT molecular complexity index is 648. The minimum atomic E-state index is -0.0426. The van der Waals surface area contributed by atoms with Gasteiger partial charge in [-0.05, 0) is 37.1 Å². The zero-order valence-corrected chi connectivity index (χ0v) is 11.3. The van der Waals surface area contributed by atoms with Crippen LogP contribution in [0.5, 0.6) is 5.75 Å². The quantitative estimate of drug-likeness (QED) is 0.822. The van der Waals surface area contributed by atoms with E-state index in [0.29, 0.717) is 6.42 Å². The van der Waals surface area contributed by atoms with E-state index in [-0.39, 0.29) is 17.6 Å². The van der Waals surface area contributed by atoms with Gasteiger partial charge >= 0.3 is 0 Å². The first-order chi connectivity index (χ1) is 9.63. The molecule has 0 fully saturated rings. The Hall–Kier alpha value is -2.30. The number of carbonyl (C=O) groups is 1. The molecule has 2 heterocycles. The second kappa shape index (κ2) is 5.00. The molecular weight excluding hydrogens is 254 g/mol. The van der Waals surface area contributed by atoms with E-state index in [0.717, 1.165) is 30.0 Å². The molecule has 20 heavy (non-hydrogen) atoms. The number of aryl methyl sites for hydroxylation is 2. The Balaban J connectivity index is 1.69. The van der Waals surface area contributed by atoms with Crippen molar-refractivity contribution in [2.45, 2.75) is 26.3 Å². The Labute approximate surface area is 117 Å². The van der Waals surface area contributed by atoms with E-state index in [1.54, 1.807) is 24.4 Å². The molecule has 0 saturated heterocycles. The van der Waals surface area contributed by atoms with Crippen molar-refractivity contribution in [1.82, 2.24) is 9.55 Å². The molecule has 0 bridgehead atoms. The lowest BCUT2D eigenvalue weighted by atomic mass is 9.96. The van der Waals surface area contributed by atoms with E-state index in [1.807, 2.05) is 13.1 Å². The minimum absolute atomic E-state index is 0.0179. The van der Waals surface area contributed by atoms with Crippen molar-refractivity contribution in [3.8, 4) is 5.75 Å². The molecular formula is C15H17N3O2. The third-order valence-corrected chi connectivity index (χ3v) is 3.78. The number of fused-ring (bicyclic) bond motifs is 1. The number of anilines is 1. The molecule has 0 aliphatic carbocycles. The van der Waals surface area contributed by atoms with E-state index < -0.39 is 0 Å². The van der Waals surface area contributed by atoms with Gasteiger partial charge in [-0.2, -0.15) is 0 Å². The number of phenols is 1. The number of nitrogens with zero attached hydrogens (tertiary/aromatic N) is 2. The number of amides is 1. The largest absolute Gasteiger partial charge is 0.508 e. The second-order valence-corrected chi connectivity index (χ2v) is 5.22. The number of carbonyl (C=O) groups excluding carboxylic acids is 1. The minimum Gasteiger partial charge on any atom is -0.508 e. The summed E-state index contributed by atoms with van der Waals surface area (Å²) in [6.07, 6.45) is 5.23. The standard InChI is InChI=1S/C15H17N3O2/c1-10-8-12(2-3-13(10)19)17-15(20)11-4-6-18-7-5-16-14(18)9-11/h2-3,5,7-8,11,19H,4,6,9H2,1H3,(H,17,20). The van der Waals surface area contributed by atoms with Crippen molar-refractivity contribution in [1.29, 1.82) is 0 Å². The molecule has 1 aromatic carbocycles. The fourth-order valence-electron chi connectivity index (χ4n) is 2.55. The van der Waals surface area contributed by atoms with Crippen LogP contribution in [-0.4, -0.2) is 20.6 Å². The van der Waals surface area contributed by atoms with Gasteiger partial charge in [0.1, 0.15) is 11.6 Å². The van der Waals surface area contributed by atoms with E-state index in [9.17, 15) is 9.90 Å². The summed E-state index contributed by atoms with van der Waals surface area (Å²) in [4.78, 5) is 16.6. The third-order valence-electron chi connectivity index (χ3n) is 3.78. The number of aromatic hydroxyl groups is 1. The highest BCUT2D eigenvalue weighted by atomic mass is 16.3. The number of aromatic nitrogens is 2. The molecule has 2 aromatic rings. The van der Waals surface area contributed by atoms with Gasteiger partial charge < -0.3 is 15.0 Å². The smallest absolute Gasteiger partial charge is 0.228 e. The fraction of sp³-hybridized carbons (Fsp3) is 0.333. The summed E-state index contributed by atoms with van der Waals surface area (Å²) in [5.41, 5.74) is 1.47. The molecule has 3 rings (SSSR count). The molecule has 0 spiro atoms. The van der Waals surface area contributed by atoms with Crippen LogP contribution in [0, 0.1) is 12.8 Å². The van der Waals surface area contributed by atoms with Gasteiger partial charge in [0, 0.05) is 37.0 Å². The molecule has 1 atom stereocenters. The van der Waals surface area contributed by atoms with Crippen molar-refractivity contribution in [2.24, 2.45) is 5.92 Å². The molecule has 104 valence electrons. The predicted octanol–water partition coefficient (Wildman–Crippen LogP) is 2.10. The lowest BCUT2D eigenvalue weighted by Crippen LogP contribution is -2.30. The van der Waals surface area contributed by atoms with Gasteiger partial charge in [0.2, 0.25) is 5.91 Å². The van der Waals surface area contributed by atoms with Crippen molar-refractivity contribution < 1.29 is 9.90 Å². The molecule has 1 amide bonds. The molecule has 1 aromatic heterocycles. The molecule has 5 nitrogen and oxygen atoms in total. The Morgan fingerprint density at radius 1 is 1.50 bits per heavy atom. The van der Waals surface area contributed by atoms with Crippen LogP contribution in [0.4, 0.5) is 5.69 Å². The number of rotatable bonds is 2. The highest BCUT2D eigenvalue weighted by Crippen LogP contribution is 2.23. The van der Waals surface area contributed by atoms with E-state index in [2.05, 4.69) is 14.9 Å². The van der Waals surface area contributed by atoms with Gasteiger partial charge in [-0.15, -0.1) is 0 Å². The van der Waals surface area contributed by atoms with Crippen molar-refractivity contribution in [3.63, 3.8) is 0 Å². The summed E-state index contributed by atoms with van der Waals surface area (Å²) in [5, 5.41) is 12.4. The van der Waals surface area contributed by atoms with Gasteiger partial charge in [-0.3, -0.25) is 4.79 Å². The van der Waals surface area contributed by atoms with Crippen LogP contribution < -0.4 is 5.32 Å². The summed E-state index contributed by atoms with van der Waals surface area (Å²) >= 11 is 0. The molecule has 5 heteroatoms. The van der Waals surface area contributed by atoms with Gasteiger partial charge in [0.15, 0.2) is 0 Å². The van der Waals surface area contributed by atoms with Crippen LogP contribution in [0.1, 0.15) is 17.8 Å². The zero-order valence-electron chi connectivity index (χ0n) is 11.3. The summed E-state index contributed by atoms with van der Waals surface area (Å²) in [6, 6.07) is 5.08. The summed E-state index contributed by atoms with van der Waals surface area (Å²) in [7, 11) is 0. The van der Waals surface area contributed by atoms with Crippen LogP contribution in [-0.2, 0) is 17.8 Å². The van der Waals surface area contributed by atoms with E-state index in [4.69, 9.17) is 0 Å². The molecule has 2 N–H and O–H groups in total. The molecule has 1 aliphatic rings. The monoisotopic (exact) mass is 271 g/mol. The van der Waals surface area contributed by atoms with Gasteiger partial charge in [0.05, 0.1) is 0 Å². The fourth-order valence-corrected chi connectivity index (χ4v) is 2.55. The number of nitrogens with one attached hydrogen (secondary N) is 1. The lowest BCUT2D eigenvalue weighted by molar-refractivity contribution is -0.120.